The highest BCUT2D eigenvalue weighted by Crippen LogP contribution is 1.90. The zero-order valence-corrected chi connectivity index (χ0v) is 4.05. The second-order valence-corrected chi connectivity index (χ2v) is 1.32. The minimum atomic E-state index is -0.482. The van der Waals surface area contributed by atoms with Gasteiger partial charge in [0.05, 0.1) is 0 Å². The molecule has 0 unspecified atom stereocenters. The molecule has 0 spiro atoms. The topological polar surface area (TPSA) is 52.6 Å². The lowest BCUT2D eigenvalue weighted by molar-refractivity contribution is -0.174. The summed E-state index contributed by atoms with van der Waals surface area (Å²) in [5.74, 6) is -0.964. The van der Waals surface area contributed by atoms with E-state index in [0.29, 0.717) is 0 Å². The molecule has 0 amide bonds. The fourth-order valence-electron chi connectivity index (χ4n) is 0.362. The van der Waals surface area contributed by atoms with Crippen LogP contribution in [0.1, 0.15) is 7.43 Å². The van der Waals surface area contributed by atoms with Crippen LogP contribution in [0.25, 0.3) is 0 Å². The molecular formula is C5H8O4. The van der Waals surface area contributed by atoms with Gasteiger partial charge in [0.2, 0.25) is 0 Å². The lowest BCUT2D eigenvalue weighted by atomic mass is 10.6. The molecule has 0 aromatic rings. The normalized spacial score (nSPS) is 17.3. The molecule has 0 bridgehead atoms. The molecule has 4 heteroatoms. The summed E-state index contributed by atoms with van der Waals surface area (Å²) in [6.45, 7) is -0.475. The van der Waals surface area contributed by atoms with Gasteiger partial charge in [0.25, 0.3) is 0 Å². The van der Waals surface area contributed by atoms with E-state index in [0.717, 1.165) is 0 Å². The molecule has 1 aliphatic heterocycles. The molecule has 4 nitrogen and oxygen atoms in total. The molecule has 0 N–H and O–H groups in total. The Morgan fingerprint density at radius 2 is 1.33 bits per heavy atom. The smallest absolute Gasteiger partial charge is 0.344 e. The van der Waals surface area contributed by atoms with Crippen LogP contribution >= 0.6 is 0 Å². The second kappa shape index (κ2) is 3.06. The summed E-state index contributed by atoms with van der Waals surface area (Å²) in [5, 5.41) is 0. The molecule has 52 valence electrons. The molecular weight excluding hydrogens is 124 g/mol. The van der Waals surface area contributed by atoms with Gasteiger partial charge >= 0.3 is 11.9 Å². The molecule has 1 fully saturated rings. The Balaban J connectivity index is 0.000000640. The molecule has 1 saturated heterocycles. The maximum absolute atomic E-state index is 10.1. The number of cyclic esters (lactones) is 2. The number of ether oxygens (including phenoxy) is 2. The third-order valence-corrected chi connectivity index (χ3v) is 0.702. The molecule has 0 aromatic heterocycles. The summed E-state index contributed by atoms with van der Waals surface area (Å²) in [7, 11) is 0. The van der Waals surface area contributed by atoms with Crippen LogP contribution < -0.4 is 0 Å². The Kier molecular flexibility index (Phi) is 2.70. The Morgan fingerprint density at radius 3 is 1.56 bits per heavy atom. The predicted octanol–water partition coefficient (Wildman–Crippen LogP) is -0.278. The van der Waals surface area contributed by atoms with Gasteiger partial charge in [-0.25, -0.2) is 9.59 Å². The Bertz CT molecular complexity index is 101. The van der Waals surface area contributed by atoms with E-state index < -0.39 is 11.9 Å². The summed E-state index contributed by atoms with van der Waals surface area (Å²) in [4.78, 5) is 20.2. The predicted molar refractivity (Wildman–Crippen MR) is 28.6 cm³/mol. The fourth-order valence-corrected chi connectivity index (χ4v) is 0.362. The second-order valence-electron chi connectivity index (χ2n) is 1.32. The van der Waals surface area contributed by atoms with Gasteiger partial charge in [-0.3, -0.25) is 0 Å². The average Bonchev–Trinajstić information content (AvgIpc) is 1.77. The molecule has 1 rings (SSSR count). The third-order valence-electron chi connectivity index (χ3n) is 0.702. The molecule has 0 radical (unpaired) electrons. The first-order chi connectivity index (χ1) is 3.79. The van der Waals surface area contributed by atoms with Crippen molar-refractivity contribution in [3.63, 3.8) is 0 Å². The van der Waals surface area contributed by atoms with Crippen molar-refractivity contribution in [3.05, 3.63) is 0 Å². The van der Waals surface area contributed by atoms with E-state index in [1.54, 1.807) is 0 Å². The fraction of sp³-hybridized carbons (Fsp3) is 0.600. The lowest BCUT2D eigenvalue weighted by Crippen LogP contribution is -2.27. The highest BCUT2D eigenvalue weighted by molar-refractivity contribution is 5.82. The largest absolute Gasteiger partial charge is 0.451 e. The van der Waals surface area contributed by atoms with Crippen LogP contribution in [0.4, 0.5) is 0 Å². The van der Waals surface area contributed by atoms with E-state index in [-0.39, 0.29) is 20.6 Å². The minimum absolute atomic E-state index is 0. The first-order valence-electron chi connectivity index (χ1n) is 2.10. The van der Waals surface area contributed by atoms with Gasteiger partial charge in [0.15, 0.2) is 13.2 Å². The summed E-state index contributed by atoms with van der Waals surface area (Å²) in [6.07, 6.45) is 0. The van der Waals surface area contributed by atoms with Gasteiger partial charge in [-0.1, -0.05) is 7.43 Å². The van der Waals surface area contributed by atoms with Crippen LogP contribution in [0.2, 0.25) is 0 Å². The van der Waals surface area contributed by atoms with E-state index >= 15 is 0 Å². The monoisotopic (exact) mass is 132 g/mol. The maximum Gasteiger partial charge on any atom is 0.344 e. The van der Waals surface area contributed by atoms with E-state index in [9.17, 15) is 9.59 Å². The van der Waals surface area contributed by atoms with Crippen molar-refractivity contribution in [1.82, 2.24) is 0 Å². The third kappa shape index (κ3) is 2.12. The van der Waals surface area contributed by atoms with Gasteiger partial charge in [-0.2, -0.15) is 0 Å². The average molecular weight is 132 g/mol. The quantitative estimate of drug-likeness (QED) is 0.425. The number of hydrogen-bond donors (Lipinski definition) is 0. The highest BCUT2D eigenvalue weighted by Gasteiger charge is 2.16. The molecule has 0 aromatic carbocycles. The summed E-state index contributed by atoms with van der Waals surface area (Å²) < 4.78 is 8.55. The van der Waals surface area contributed by atoms with Gasteiger partial charge in [0, 0.05) is 0 Å². The zero-order valence-electron chi connectivity index (χ0n) is 4.05. The maximum atomic E-state index is 10.1. The van der Waals surface area contributed by atoms with Gasteiger partial charge in [0.1, 0.15) is 0 Å². The molecule has 1 heterocycles. The first-order valence-corrected chi connectivity index (χ1v) is 2.10. The van der Waals surface area contributed by atoms with Crippen LogP contribution in [-0.4, -0.2) is 25.2 Å². The van der Waals surface area contributed by atoms with Crippen LogP contribution in [0, 0.1) is 0 Å². The minimum Gasteiger partial charge on any atom is -0.451 e. The van der Waals surface area contributed by atoms with Crippen LogP contribution in [0.15, 0.2) is 0 Å². The molecule has 0 atom stereocenters. The zero-order chi connectivity index (χ0) is 5.98. The number of hydrogen-bond acceptors (Lipinski definition) is 4. The molecule has 0 saturated carbocycles. The van der Waals surface area contributed by atoms with Crippen molar-refractivity contribution in [2.75, 3.05) is 13.2 Å². The van der Waals surface area contributed by atoms with Crippen molar-refractivity contribution in [2.24, 2.45) is 0 Å². The summed E-state index contributed by atoms with van der Waals surface area (Å²) in [5.41, 5.74) is 0. The van der Waals surface area contributed by atoms with Crippen molar-refractivity contribution >= 4 is 11.9 Å². The van der Waals surface area contributed by atoms with E-state index in [4.69, 9.17) is 0 Å². The number of carbonyl (C=O) groups excluding carboxylic acids is 2. The molecule has 0 aliphatic carbocycles. The van der Waals surface area contributed by atoms with Gasteiger partial charge < -0.3 is 9.47 Å². The van der Waals surface area contributed by atoms with E-state index in [2.05, 4.69) is 9.47 Å². The first kappa shape index (κ1) is 7.94. The lowest BCUT2D eigenvalue weighted by Gasteiger charge is -2.09. The Hall–Kier alpha value is -1.06. The summed E-state index contributed by atoms with van der Waals surface area (Å²) >= 11 is 0. The standard InChI is InChI=1S/C4H4O4.CH4/c5-3-1-7-4(6)2-8-3;/h1-2H2;1H4. The summed E-state index contributed by atoms with van der Waals surface area (Å²) in [6, 6.07) is 0. The molecule has 9 heavy (non-hydrogen) atoms. The Morgan fingerprint density at radius 1 is 1.00 bits per heavy atom. The van der Waals surface area contributed by atoms with Crippen molar-refractivity contribution < 1.29 is 19.1 Å². The SMILES string of the molecule is C.O=C1COC(=O)CO1. The number of carbonyl (C=O) groups is 2. The van der Waals surface area contributed by atoms with Crippen molar-refractivity contribution in [1.29, 1.82) is 0 Å². The van der Waals surface area contributed by atoms with Crippen LogP contribution in [0.3, 0.4) is 0 Å². The molecule has 1 aliphatic rings. The van der Waals surface area contributed by atoms with Gasteiger partial charge in [-0.05, 0) is 0 Å². The number of esters is 2. The Labute approximate surface area is 52.7 Å². The van der Waals surface area contributed by atoms with E-state index in [1.165, 1.54) is 0 Å². The highest BCUT2D eigenvalue weighted by atomic mass is 16.6. The van der Waals surface area contributed by atoms with Gasteiger partial charge in [-0.15, -0.1) is 0 Å². The van der Waals surface area contributed by atoms with Crippen LogP contribution in [0.5, 0.6) is 0 Å². The van der Waals surface area contributed by atoms with Crippen molar-refractivity contribution in [3.8, 4) is 0 Å². The van der Waals surface area contributed by atoms with Crippen molar-refractivity contribution in [2.45, 2.75) is 7.43 Å². The van der Waals surface area contributed by atoms with E-state index in [1.807, 2.05) is 0 Å². The number of rotatable bonds is 0. The van der Waals surface area contributed by atoms with Crippen LogP contribution in [-0.2, 0) is 19.1 Å².